The molecule has 13 aromatic rings. The average molecular weight is 829 g/mol. The first-order valence-electron chi connectivity index (χ1n) is 21.8. The Morgan fingerprint density at radius 2 is 0.785 bits per heavy atom. The van der Waals surface area contributed by atoms with Gasteiger partial charge in [0, 0.05) is 39.9 Å². The second-order valence-corrected chi connectivity index (χ2v) is 16.7. The van der Waals surface area contributed by atoms with Gasteiger partial charge in [-0.3, -0.25) is 4.98 Å². The van der Waals surface area contributed by atoms with Crippen LogP contribution >= 0.6 is 0 Å². The Kier molecular flexibility index (Phi) is 8.46. The fourth-order valence-electron chi connectivity index (χ4n) is 9.48. The van der Waals surface area contributed by atoms with Crippen molar-refractivity contribution in [3.8, 4) is 67.5 Å². The van der Waals surface area contributed by atoms with Crippen LogP contribution in [-0.2, 0) is 0 Å². The van der Waals surface area contributed by atoms with Crippen LogP contribution in [-0.4, -0.2) is 19.9 Å². The molecule has 5 heteroatoms. The monoisotopic (exact) mass is 828 g/mol. The highest BCUT2D eigenvalue weighted by molar-refractivity contribution is 6.09. The Hall–Kier alpha value is -8.80. The van der Waals surface area contributed by atoms with Crippen molar-refractivity contribution in [3.05, 3.63) is 219 Å². The molecule has 3 heterocycles. The molecule has 0 radical (unpaired) electrons. The summed E-state index contributed by atoms with van der Waals surface area (Å²) < 4.78 is 6.24. The number of pyridine rings is 1. The molecule has 13 rings (SSSR count). The van der Waals surface area contributed by atoms with Crippen LogP contribution in [0.4, 0.5) is 0 Å². The Morgan fingerprint density at radius 1 is 0.277 bits per heavy atom. The first-order chi connectivity index (χ1) is 32.1. The largest absolute Gasteiger partial charge is 0.456 e. The van der Waals surface area contributed by atoms with Crippen molar-refractivity contribution >= 4 is 65.0 Å². The normalized spacial score (nSPS) is 11.7. The van der Waals surface area contributed by atoms with Crippen LogP contribution in [0.15, 0.2) is 223 Å². The quantitative estimate of drug-likeness (QED) is 0.156. The van der Waals surface area contributed by atoms with Gasteiger partial charge in [0.15, 0.2) is 17.5 Å². The third-order valence-electron chi connectivity index (χ3n) is 12.7. The Morgan fingerprint density at radius 3 is 1.42 bits per heavy atom. The van der Waals surface area contributed by atoms with Gasteiger partial charge in [-0.15, -0.1) is 0 Å². The fraction of sp³-hybridized carbons (Fsp3) is 0. The van der Waals surface area contributed by atoms with E-state index in [9.17, 15) is 0 Å². The highest BCUT2D eigenvalue weighted by atomic mass is 16.3. The smallest absolute Gasteiger partial charge is 0.164 e. The SMILES string of the molecule is c1cncc(-c2ccc(-c3nc(-c4cc(-c5cccc6cc7ccccc7cc56)cc(-c5cccc6cc7ccccc7cc56)c4)nc(-c4ccc5oc6ccccc6c5c4)n3)cc2)c1. The van der Waals surface area contributed by atoms with Gasteiger partial charge in [-0.05, 0) is 149 Å². The molecule has 0 N–H and O–H groups in total. The molecule has 0 aliphatic carbocycles. The molecule has 0 saturated heterocycles. The zero-order valence-corrected chi connectivity index (χ0v) is 35.0. The van der Waals surface area contributed by atoms with E-state index in [1.54, 1.807) is 6.20 Å². The second-order valence-electron chi connectivity index (χ2n) is 16.7. The number of rotatable bonds is 6. The third-order valence-corrected chi connectivity index (χ3v) is 12.7. The van der Waals surface area contributed by atoms with Crippen molar-refractivity contribution in [2.24, 2.45) is 0 Å². The van der Waals surface area contributed by atoms with E-state index < -0.39 is 0 Å². The topological polar surface area (TPSA) is 64.7 Å². The van der Waals surface area contributed by atoms with Gasteiger partial charge in [0.2, 0.25) is 0 Å². The maximum absolute atomic E-state index is 6.24. The van der Waals surface area contributed by atoms with Crippen molar-refractivity contribution in [2.45, 2.75) is 0 Å². The van der Waals surface area contributed by atoms with Gasteiger partial charge in [-0.2, -0.15) is 0 Å². The molecule has 0 saturated carbocycles. The summed E-state index contributed by atoms with van der Waals surface area (Å²) in [5.74, 6) is 1.74. The lowest BCUT2D eigenvalue weighted by Gasteiger charge is -2.15. The van der Waals surface area contributed by atoms with Crippen molar-refractivity contribution in [2.75, 3.05) is 0 Å². The van der Waals surface area contributed by atoms with Gasteiger partial charge < -0.3 is 4.42 Å². The Balaban J connectivity index is 1.06. The lowest BCUT2D eigenvalue weighted by molar-refractivity contribution is 0.669. The number of fused-ring (bicyclic) bond motifs is 7. The highest BCUT2D eigenvalue weighted by Gasteiger charge is 2.18. The summed E-state index contributed by atoms with van der Waals surface area (Å²) in [6.07, 6.45) is 3.67. The van der Waals surface area contributed by atoms with Gasteiger partial charge in [0.1, 0.15) is 11.2 Å². The summed E-state index contributed by atoms with van der Waals surface area (Å²) in [7, 11) is 0. The fourth-order valence-corrected chi connectivity index (χ4v) is 9.48. The summed E-state index contributed by atoms with van der Waals surface area (Å²) in [6.45, 7) is 0. The van der Waals surface area contributed by atoms with E-state index in [0.717, 1.165) is 72.0 Å². The molecular formula is C60H36N4O. The van der Waals surface area contributed by atoms with Gasteiger partial charge >= 0.3 is 0 Å². The van der Waals surface area contributed by atoms with Crippen LogP contribution in [0.25, 0.3) is 133 Å². The summed E-state index contributed by atoms with van der Waals surface area (Å²) in [5.41, 5.74) is 10.9. The van der Waals surface area contributed by atoms with Gasteiger partial charge in [0.05, 0.1) is 0 Å². The maximum Gasteiger partial charge on any atom is 0.164 e. The molecular weight excluding hydrogens is 793 g/mol. The van der Waals surface area contributed by atoms with Crippen LogP contribution in [0, 0.1) is 0 Å². The molecule has 0 aliphatic rings. The molecule has 0 spiro atoms. The molecule has 5 nitrogen and oxygen atoms in total. The van der Waals surface area contributed by atoms with E-state index in [1.807, 2.05) is 42.6 Å². The van der Waals surface area contributed by atoms with Gasteiger partial charge in [-0.1, -0.05) is 133 Å². The summed E-state index contributed by atoms with van der Waals surface area (Å²) in [6, 6.07) is 73.1. The van der Waals surface area contributed by atoms with Crippen molar-refractivity contribution < 1.29 is 4.42 Å². The average Bonchev–Trinajstić information content (AvgIpc) is 3.75. The Bertz CT molecular complexity index is 3870. The molecule has 0 atom stereocenters. The number of para-hydroxylation sites is 1. The molecule has 3 aromatic heterocycles. The number of hydrogen-bond donors (Lipinski definition) is 0. The number of aromatic nitrogens is 4. The van der Waals surface area contributed by atoms with Crippen LogP contribution < -0.4 is 0 Å². The Labute approximate surface area is 374 Å². The molecule has 65 heavy (non-hydrogen) atoms. The van der Waals surface area contributed by atoms with Crippen LogP contribution in [0.2, 0.25) is 0 Å². The van der Waals surface area contributed by atoms with Crippen LogP contribution in [0.1, 0.15) is 0 Å². The minimum atomic E-state index is 0.578. The molecule has 0 unspecified atom stereocenters. The third kappa shape index (κ3) is 6.49. The molecule has 10 aromatic carbocycles. The standard InChI is InChI=1S/C60H36N4O/c1-3-12-41-33-53-43(28-39(41)10-1)14-7-18-50(53)47-30-48(51-19-8-15-44-29-40-11-2-4-13-42(40)34-54(44)51)32-49(31-47)60-63-58(38-23-21-37(22-24-38)46-16-9-27-61-36-46)62-59(64-60)45-25-26-57-55(35-45)52-17-5-6-20-56(52)65-57/h1-36H. The zero-order chi connectivity index (χ0) is 42.8. The van der Waals surface area contributed by atoms with Gasteiger partial charge in [-0.25, -0.2) is 15.0 Å². The van der Waals surface area contributed by atoms with Crippen molar-refractivity contribution in [1.29, 1.82) is 0 Å². The van der Waals surface area contributed by atoms with Crippen molar-refractivity contribution in [1.82, 2.24) is 19.9 Å². The first kappa shape index (κ1) is 36.8. The predicted molar refractivity (Wildman–Crippen MR) is 268 cm³/mol. The van der Waals surface area contributed by atoms with Gasteiger partial charge in [0.25, 0.3) is 0 Å². The molecule has 0 aliphatic heterocycles. The first-order valence-corrected chi connectivity index (χ1v) is 21.8. The van der Waals surface area contributed by atoms with E-state index in [1.165, 1.54) is 43.1 Å². The predicted octanol–water partition coefficient (Wildman–Crippen LogP) is 15.8. The second kappa shape index (κ2) is 14.9. The lowest BCUT2D eigenvalue weighted by atomic mass is 9.90. The van der Waals surface area contributed by atoms with Crippen molar-refractivity contribution in [3.63, 3.8) is 0 Å². The minimum Gasteiger partial charge on any atom is -0.456 e. The molecule has 302 valence electrons. The van der Waals surface area contributed by atoms with E-state index in [-0.39, 0.29) is 0 Å². The minimum absolute atomic E-state index is 0.578. The summed E-state index contributed by atoms with van der Waals surface area (Å²) in [5, 5.41) is 11.6. The molecule has 0 amide bonds. The van der Waals surface area contributed by atoms with E-state index >= 15 is 0 Å². The molecule has 0 bridgehead atoms. The number of hydrogen-bond acceptors (Lipinski definition) is 5. The van der Waals surface area contributed by atoms with Crippen LogP contribution in [0.5, 0.6) is 0 Å². The maximum atomic E-state index is 6.24. The van der Waals surface area contributed by atoms with E-state index in [0.29, 0.717) is 17.5 Å². The number of nitrogens with zero attached hydrogens (tertiary/aromatic N) is 4. The summed E-state index contributed by atoms with van der Waals surface area (Å²) in [4.78, 5) is 20.2. The zero-order valence-electron chi connectivity index (χ0n) is 35.0. The lowest BCUT2D eigenvalue weighted by Crippen LogP contribution is -2.01. The summed E-state index contributed by atoms with van der Waals surface area (Å²) >= 11 is 0. The number of benzene rings is 10. The van der Waals surface area contributed by atoms with E-state index in [2.05, 4.69) is 175 Å². The molecule has 0 fully saturated rings. The van der Waals surface area contributed by atoms with E-state index in [4.69, 9.17) is 19.4 Å². The van der Waals surface area contributed by atoms with Crippen LogP contribution in [0.3, 0.4) is 0 Å². The highest BCUT2D eigenvalue weighted by Crippen LogP contribution is 2.40. The number of furan rings is 1.